The van der Waals surface area contributed by atoms with Crippen molar-refractivity contribution < 1.29 is 146 Å². The summed E-state index contributed by atoms with van der Waals surface area (Å²) in [6.07, 6.45) is -12.8. The van der Waals surface area contributed by atoms with Gasteiger partial charge in [-0.1, -0.05) is 92.9 Å². The van der Waals surface area contributed by atoms with Gasteiger partial charge in [-0.25, -0.2) is 0 Å². The van der Waals surface area contributed by atoms with Crippen LogP contribution in [0, 0.1) is 46.3 Å². The number of halogens is 16. The van der Waals surface area contributed by atoms with Gasteiger partial charge >= 0.3 is 60.8 Å². The number of hydrogen-bond donors (Lipinski definition) is 0. The zero-order valence-corrected chi connectivity index (χ0v) is 57.2. The summed E-state index contributed by atoms with van der Waals surface area (Å²) < 4.78 is 246. The van der Waals surface area contributed by atoms with Crippen LogP contribution in [-0.2, 0) is 76.0 Å². The molecule has 4 aliphatic heterocycles. The maximum absolute atomic E-state index is 12.6. The Labute approximate surface area is 548 Å². The van der Waals surface area contributed by atoms with Gasteiger partial charge in [0.25, 0.3) is 5.60 Å². The molecule has 10 unspecified atom stereocenters. The topological polar surface area (TPSA) is 179 Å². The highest BCUT2D eigenvalue weighted by Gasteiger charge is 2.82. The fourth-order valence-corrected chi connectivity index (χ4v) is 10.0. The highest BCUT2D eigenvalue weighted by atomic mass is 19.4. The van der Waals surface area contributed by atoms with Crippen molar-refractivity contribution in [1.29, 1.82) is 0 Å². The third-order valence-corrected chi connectivity index (χ3v) is 17.2. The maximum atomic E-state index is 12.6. The third-order valence-electron chi connectivity index (χ3n) is 17.2. The second-order valence-electron chi connectivity index (χ2n) is 25.3. The zero-order chi connectivity index (χ0) is 73.5. The molecule has 95 heavy (non-hydrogen) atoms. The molecule has 0 N–H and O–H groups in total. The van der Waals surface area contributed by atoms with E-state index < -0.39 is 83.6 Å². The second kappa shape index (κ2) is 42.5. The molecule has 0 bridgehead atoms. The summed E-state index contributed by atoms with van der Waals surface area (Å²) in [4.78, 5) is 44.0. The quantitative estimate of drug-likeness (QED) is 0.0616. The van der Waals surface area contributed by atoms with Gasteiger partial charge < -0.3 is 56.8 Å². The molecule has 0 aromatic rings. The lowest BCUT2D eigenvalue weighted by Gasteiger charge is -2.57. The Balaban J connectivity index is 0.00000105. The van der Waals surface area contributed by atoms with Crippen LogP contribution in [0.2, 0.25) is 0 Å². The summed E-state index contributed by atoms with van der Waals surface area (Å²) in [5, 5.41) is 0. The van der Waals surface area contributed by atoms with Crippen LogP contribution >= 0.6 is 0 Å². The van der Waals surface area contributed by atoms with Gasteiger partial charge in [0.1, 0.15) is 6.42 Å². The number of esters is 4. The minimum atomic E-state index is -5.39. The molecule has 32 heteroatoms. The molecule has 0 aromatic carbocycles. The summed E-state index contributed by atoms with van der Waals surface area (Å²) in [6, 6.07) is 0. The average molecular weight is 1420 g/mol. The first-order valence-electron chi connectivity index (χ1n) is 32.1. The summed E-state index contributed by atoms with van der Waals surface area (Å²) in [7, 11) is 5.96. The van der Waals surface area contributed by atoms with Crippen LogP contribution in [0.15, 0.2) is 0 Å². The molecule has 8 rings (SSSR count). The van der Waals surface area contributed by atoms with E-state index in [0.29, 0.717) is 38.2 Å². The van der Waals surface area contributed by atoms with E-state index in [4.69, 9.17) is 14.2 Å². The van der Waals surface area contributed by atoms with E-state index in [-0.39, 0.29) is 81.5 Å². The first kappa shape index (κ1) is 91.4. The van der Waals surface area contributed by atoms with E-state index >= 15 is 0 Å². The van der Waals surface area contributed by atoms with Crippen molar-refractivity contribution in [1.82, 2.24) is 0 Å². The smallest absolute Gasteiger partial charge is 0.426 e. The van der Waals surface area contributed by atoms with Crippen molar-refractivity contribution in [2.75, 3.05) is 62.2 Å². The van der Waals surface area contributed by atoms with Crippen molar-refractivity contribution >= 4 is 23.9 Å². The number of rotatable bonds is 16. The fourth-order valence-electron chi connectivity index (χ4n) is 10.0. The van der Waals surface area contributed by atoms with Crippen LogP contribution in [0.5, 0.6) is 0 Å². The van der Waals surface area contributed by atoms with Crippen LogP contribution < -0.4 is 0 Å². The Morgan fingerprint density at radius 2 is 0.726 bits per heavy atom. The predicted molar refractivity (Wildman–Crippen MR) is 313 cm³/mol. The number of hydrogen-bond acceptors (Lipinski definition) is 16. The molecule has 10 atom stereocenters. The molecule has 8 fully saturated rings. The van der Waals surface area contributed by atoms with Crippen molar-refractivity contribution in [3.63, 3.8) is 0 Å². The minimum Gasteiger partial charge on any atom is -0.438 e. The molecule has 4 saturated heterocycles. The second-order valence-corrected chi connectivity index (χ2v) is 25.3. The van der Waals surface area contributed by atoms with Gasteiger partial charge in [0.2, 0.25) is 0 Å². The predicted octanol–water partition coefficient (Wildman–Crippen LogP) is 17.4. The summed E-state index contributed by atoms with van der Waals surface area (Å²) in [5.74, 6) is -2.24. The number of ether oxygens (including phenoxy) is 12. The molecule has 4 saturated carbocycles. The first-order valence-corrected chi connectivity index (χ1v) is 32.1. The van der Waals surface area contributed by atoms with Crippen molar-refractivity contribution in [3.05, 3.63) is 0 Å². The Kier molecular flexibility index (Phi) is 40.9. The van der Waals surface area contributed by atoms with Gasteiger partial charge in [-0.05, 0) is 105 Å². The number of carbonyl (C=O) groups is 4. The van der Waals surface area contributed by atoms with Gasteiger partial charge in [-0.2, -0.15) is 70.2 Å². The van der Waals surface area contributed by atoms with Gasteiger partial charge in [-0.15, -0.1) is 0 Å². The summed E-state index contributed by atoms with van der Waals surface area (Å²) in [5.41, 5.74) is -4.69. The first-order chi connectivity index (χ1) is 43.8. The van der Waals surface area contributed by atoms with E-state index in [2.05, 4.69) is 42.6 Å². The lowest BCUT2D eigenvalue weighted by Crippen LogP contribution is -2.75. The molecule has 0 spiro atoms. The van der Waals surface area contributed by atoms with Crippen molar-refractivity contribution in [3.8, 4) is 0 Å². The van der Waals surface area contributed by atoms with Gasteiger partial charge in [0.05, 0.1) is 65.5 Å². The molecule has 4 heterocycles. The van der Waals surface area contributed by atoms with Crippen LogP contribution in [0.3, 0.4) is 0 Å². The van der Waals surface area contributed by atoms with E-state index in [0.717, 1.165) is 76.7 Å². The summed E-state index contributed by atoms with van der Waals surface area (Å²) >= 11 is 0. The summed E-state index contributed by atoms with van der Waals surface area (Å²) in [6.45, 7) is 20.1. The largest absolute Gasteiger partial charge is 0.438 e. The van der Waals surface area contributed by atoms with E-state index in [1.165, 1.54) is 54.1 Å². The lowest BCUT2D eigenvalue weighted by molar-refractivity contribution is -0.469. The van der Waals surface area contributed by atoms with Crippen LogP contribution in [0.4, 0.5) is 70.2 Å². The number of methoxy groups -OCH3 is 4. The normalized spacial score (nSPS) is 25.4. The molecule has 0 aromatic heterocycles. The average Bonchev–Trinajstić information content (AvgIpc) is 0.698. The Hall–Kier alpha value is -3.56. The van der Waals surface area contributed by atoms with Gasteiger partial charge in [-0.3, -0.25) is 19.2 Å². The van der Waals surface area contributed by atoms with Gasteiger partial charge in [0.15, 0.2) is 27.2 Å². The third kappa shape index (κ3) is 32.1. The number of fused-ring (bicyclic) bond motifs is 4. The van der Waals surface area contributed by atoms with Crippen LogP contribution in [0.25, 0.3) is 0 Å². The maximum Gasteiger partial charge on any atom is 0.426 e. The van der Waals surface area contributed by atoms with Crippen molar-refractivity contribution in [2.24, 2.45) is 46.3 Å². The molecule has 8 aliphatic rings. The standard InChI is InChI=1S/C9H10F6O.2C8H16O3.2C7H10F2O.2C7H14O3.C7H12O.C3H2F6/c10-8(11,12)7(9(13,14)15)5-3-1-2-4-6(5)16-7;2*1-5-8(2,3)7(9)11-6-10-4;2*8-7(9)5-3-1-2-4-6(5)10-7;2*1-4-6(2)7(8)10-5-9-3;1-2-4-7-6(3-1)5-8-7;4-2(5,6)1-3(7,8)9/h5-6H,1-4H2;2*5-6H2,1-4H3;2*5-6H,1-4H2;2*6H,4-5H2,1-3H3;6-7H,1-5H2;1H2. The SMILES string of the molecule is C1CCC2OCC2C1.CCC(C)(C)C(=O)OCOC.CCC(C)(C)C(=O)OCOC.CCC(C)C(=O)OCOC.CCC(C)C(=O)OCOC.FC(F)(F)C1(C(F)(F)F)OC2CCCCC21.FC(F)(F)CC(F)(F)F.FC1(F)OC2CCCCC21.FC1(F)OC2CCCCC21. The zero-order valence-electron chi connectivity index (χ0n) is 57.2. The highest BCUT2D eigenvalue weighted by molar-refractivity contribution is 5.76. The highest BCUT2D eigenvalue weighted by Crippen LogP contribution is 2.62. The Morgan fingerprint density at radius 1 is 0.432 bits per heavy atom. The fraction of sp³-hybridized carbons (Fsp3) is 0.937. The molecule has 0 amide bonds. The molecule has 16 nitrogen and oxygen atoms in total. The van der Waals surface area contributed by atoms with E-state index in [9.17, 15) is 89.4 Å². The number of carbonyl (C=O) groups excluding carboxylic acids is 4. The molecule has 0 radical (unpaired) electrons. The minimum absolute atomic E-state index is 0.0184. The van der Waals surface area contributed by atoms with E-state index in [1.54, 1.807) is 0 Å². The Bertz CT molecular complexity index is 2020. The molecule has 564 valence electrons. The molecule has 4 aliphatic carbocycles. The number of alkyl halides is 16. The van der Waals surface area contributed by atoms with Crippen molar-refractivity contribution in [2.45, 2.75) is 271 Å². The van der Waals surface area contributed by atoms with E-state index in [1.807, 2.05) is 69.2 Å². The molecular weight excluding hydrogens is 1320 g/mol. The monoisotopic (exact) mass is 1420 g/mol. The van der Waals surface area contributed by atoms with Gasteiger partial charge in [0, 0.05) is 40.3 Å². The Morgan fingerprint density at radius 3 is 0.926 bits per heavy atom. The molecular formula is C63H104F16O16. The van der Waals surface area contributed by atoms with Crippen LogP contribution in [0.1, 0.15) is 204 Å². The van der Waals surface area contributed by atoms with Crippen LogP contribution in [-0.4, -0.2) is 153 Å². The lowest BCUT2D eigenvalue weighted by atomic mass is 9.68.